The summed E-state index contributed by atoms with van der Waals surface area (Å²) in [5.41, 5.74) is 7.42. The fourth-order valence-corrected chi connectivity index (χ4v) is 1.41. The molecule has 4 heteroatoms. The Labute approximate surface area is 83.4 Å². The number of benzene rings is 1. The van der Waals surface area contributed by atoms with Crippen LogP contribution in [-0.4, -0.2) is 31.0 Å². The van der Waals surface area contributed by atoms with E-state index in [1.807, 2.05) is 31.3 Å². The Morgan fingerprint density at radius 1 is 1.50 bits per heavy atom. The van der Waals surface area contributed by atoms with Crippen molar-refractivity contribution in [2.75, 3.05) is 31.2 Å². The molecule has 0 radical (unpaired) electrons. The molecule has 0 fully saturated rings. The Balaban J connectivity index is 2.11. The lowest BCUT2D eigenvalue weighted by atomic mass is 10.3. The van der Waals surface area contributed by atoms with Crippen LogP contribution in [0, 0.1) is 0 Å². The largest absolute Gasteiger partial charge is 0.399 e. The lowest BCUT2D eigenvalue weighted by molar-refractivity contribution is 0.555. The van der Waals surface area contributed by atoms with E-state index < -0.39 is 0 Å². The standard InChI is InChI=1S/C10H14N4/c1-14-6-5-12-10(14)13-9-4-2-3-8(11)7-9/h2-4,7H,5-6,11H2,1H3,(H,12,13). The van der Waals surface area contributed by atoms with Crippen molar-refractivity contribution in [3.63, 3.8) is 0 Å². The third-order valence-electron chi connectivity index (χ3n) is 2.20. The SMILES string of the molecule is CN1CCN=C1Nc1cccc(N)c1. The monoisotopic (exact) mass is 190 g/mol. The maximum Gasteiger partial charge on any atom is 0.198 e. The van der Waals surface area contributed by atoms with Gasteiger partial charge < -0.3 is 16.0 Å². The smallest absolute Gasteiger partial charge is 0.198 e. The molecule has 1 heterocycles. The number of rotatable bonds is 1. The van der Waals surface area contributed by atoms with Crippen LogP contribution in [0.25, 0.3) is 0 Å². The van der Waals surface area contributed by atoms with Gasteiger partial charge in [-0.25, -0.2) is 0 Å². The molecule has 4 nitrogen and oxygen atoms in total. The first-order valence-electron chi connectivity index (χ1n) is 4.64. The summed E-state index contributed by atoms with van der Waals surface area (Å²) in [5, 5.41) is 3.23. The molecule has 0 saturated carbocycles. The summed E-state index contributed by atoms with van der Waals surface area (Å²) in [6, 6.07) is 7.66. The zero-order valence-corrected chi connectivity index (χ0v) is 8.20. The van der Waals surface area contributed by atoms with Crippen LogP contribution in [0.1, 0.15) is 0 Å². The van der Waals surface area contributed by atoms with Gasteiger partial charge in [-0.2, -0.15) is 0 Å². The fraction of sp³-hybridized carbons (Fsp3) is 0.300. The van der Waals surface area contributed by atoms with E-state index in [9.17, 15) is 0 Å². The van der Waals surface area contributed by atoms with Gasteiger partial charge in [-0.05, 0) is 18.2 Å². The predicted octanol–water partition coefficient (Wildman–Crippen LogP) is 0.982. The van der Waals surface area contributed by atoms with Crippen molar-refractivity contribution in [2.45, 2.75) is 0 Å². The quantitative estimate of drug-likeness (QED) is 0.649. The van der Waals surface area contributed by atoms with E-state index in [0.29, 0.717) is 0 Å². The van der Waals surface area contributed by atoms with Crippen LogP contribution in [0.2, 0.25) is 0 Å². The molecule has 0 saturated heterocycles. The summed E-state index contributed by atoms with van der Waals surface area (Å²) in [6.07, 6.45) is 0. The van der Waals surface area contributed by atoms with Gasteiger partial charge in [0.15, 0.2) is 5.96 Å². The topological polar surface area (TPSA) is 53.6 Å². The average molecular weight is 190 g/mol. The van der Waals surface area contributed by atoms with Crippen LogP contribution in [-0.2, 0) is 0 Å². The molecule has 0 spiro atoms. The lowest BCUT2D eigenvalue weighted by Gasteiger charge is -2.15. The molecule has 0 unspecified atom stereocenters. The molecule has 2 rings (SSSR count). The van der Waals surface area contributed by atoms with E-state index in [1.165, 1.54) is 0 Å². The molecule has 14 heavy (non-hydrogen) atoms. The van der Waals surface area contributed by atoms with Gasteiger partial charge in [-0.1, -0.05) is 6.07 Å². The molecule has 1 aliphatic heterocycles. The third-order valence-corrected chi connectivity index (χ3v) is 2.20. The number of nitrogen functional groups attached to an aromatic ring is 1. The number of anilines is 2. The van der Waals surface area contributed by atoms with E-state index in [2.05, 4.69) is 15.2 Å². The number of hydrogen-bond acceptors (Lipinski definition) is 4. The molecular formula is C10H14N4. The van der Waals surface area contributed by atoms with Gasteiger partial charge in [0.2, 0.25) is 0 Å². The number of nitrogens with two attached hydrogens (primary N) is 1. The van der Waals surface area contributed by atoms with Crippen LogP contribution in [0.15, 0.2) is 29.3 Å². The van der Waals surface area contributed by atoms with E-state index in [0.717, 1.165) is 30.4 Å². The molecule has 1 aromatic carbocycles. The number of guanidine groups is 1. The van der Waals surface area contributed by atoms with Crippen LogP contribution >= 0.6 is 0 Å². The third kappa shape index (κ3) is 1.79. The Hall–Kier alpha value is -1.71. The fourth-order valence-electron chi connectivity index (χ4n) is 1.41. The first-order valence-corrected chi connectivity index (χ1v) is 4.64. The highest BCUT2D eigenvalue weighted by Gasteiger charge is 2.11. The van der Waals surface area contributed by atoms with Crippen molar-refractivity contribution in [1.29, 1.82) is 0 Å². The summed E-state index contributed by atoms with van der Waals surface area (Å²) >= 11 is 0. The minimum atomic E-state index is 0.760. The first-order chi connectivity index (χ1) is 6.75. The van der Waals surface area contributed by atoms with E-state index >= 15 is 0 Å². The van der Waals surface area contributed by atoms with Crippen molar-refractivity contribution in [2.24, 2.45) is 4.99 Å². The van der Waals surface area contributed by atoms with E-state index in [1.54, 1.807) is 0 Å². The van der Waals surface area contributed by atoms with Gasteiger partial charge in [0.25, 0.3) is 0 Å². The van der Waals surface area contributed by atoms with Gasteiger partial charge in [0.05, 0.1) is 6.54 Å². The summed E-state index contributed by atoms with van der Waals surface area (Å²) in [5.74, 6) is 0.913. The van der Waals surface area contributed by atoms with Crippen molar-refractivity contribution in [1.82, 2.24) is 4.90 Å². The zero-order valence-electron chi connectivity index (χ0n) is 8.20. The molecule has 0 amide bonds. The highest BCUT2D eigenvalue weighted by atomic mass is 15.3. The minimum absolute atomic E-state index is 0.760. The van der Waals surface area contributed by atoms with Gasteiger partial charge in [0.1, 0.15) is 0 Å². The zero-order chi connectivity index (χ0) is 9.97. The number of likely N-dealkylation sites (N-methyl/N-ethyl adjacent to an activating group) is 1. The highest BCUT2D eigenvalue weighted by Crippen LogP contribution is 2.13. The van der Waals surface area contributed by atoms with E-state index in [-0.39, 0.29) is 0 Å². The maximum atomic E-state index is 5.67. The maximum absolute atomic E-state index is 5.67. The van der Waals surface area contributed by atoms with Crippen LogP contribution in [0.4, 0.5) is 11.4 Å². The molecule has 3 N–H and O–H groups in total. The Kier molecular flexibility index (Phi) is 2.26. The number of nitrogens with one attached hydrogen (secondary N) is 1. The van der Waals surface area contributed by atoms with E-state index in [4.69, 9.17) is 5.73 Å². The van der Waals surface area contributed by atoms with Crippen LogP contribution in [0.3, 0.4) is 0 Å². The van der Waals surface area contributed by atoms with Crippen molar-refractivity contribution < 1.29 is 0 Å². The Morgan fingerprint density at radius 2 is 2.36 bits per heavy atom. The van der Waals surface area contributed by atoms with Crippen LogP contribution in [0.5, 0.6) is 0 Å². The molecule has 1 aromatic rings. The molecule has 74 valence electrons. The number of aliphatic imine (C=N–C) groups is 1. The van der Waals surface area contributed by atoms with Crippen LogP contribution < -0.4 is 11.1 Å². The normalized spacial score (nSPS) is 15.5. The second-order valence-corrected chi connectivity index (χ2v) is 3.38. The lowest BCUT2D eigenvalue weighted by Crippen LogP contribution is -2.29. The number of hydrogen-bond donors (Lipinski definition) is 2. The second-order valence-electron chi connectivity index (χ2n) is 3.38. The molecular weight excluding hydrogens is 176 g/mol. The van der Waals surface area contributed by atoms with Gasteiger partial charge in [-0.15, -0.1) is 0 Å². The molecule has 1 aliphatic rings. The molecule has 0 aromatic heterocycles. The predicted molar refractivity (Wildman–Crippen MR) is 59.4 cm³/mol. The highest BCUT2D eigenvalue weighted by molar-refractivity contribution is 5.94. The Morgan fingerprint density at radius 3 is 3.00 bits per heavy atom. The summed E-state index contributed by atoms with van der Waals surface area (Å²) in [6.45, 7) is 1.84. The summed E-state index contributed by atoms with van der Waals surface area (Å²) < 4.78 is 0. The van der Waals surface area contributed by atoms with Gasteiger partial charge in [-0.3, -0.25) is 4.99 Å². The molecule has 0 atom stereocenters. The average Bonchev–Trinajstić information content (AvgIpc) is 2.52. The van der Waals surface area contributed by atoms with Crippen molar-refractivity contribution in [3.8, 4) is 0 Å². The summed E-state index contributed by atoms with van der Waals surface area (Å²) in [7, 11) is 2.02. The Bertz CT molecular complexity index is 359. The van der Waals surface area contributed by atoms with Gasteiger partial charge >= 0.3 is 0 Å². The van der Waals surface area contributed by atoms with Crippen molar-refractivity contribution >= 4 is 17.3 Å². The second kappa shape index (κ2) is 3.57. The van der Waals surface area contributed by atoms with Crippen molar-refractivity contribution in [3.05, 3.63) is 24.3 Å². The molecule has 0 bridgehead atoms. The minimum Gasteiger partial charge on any atom is -0.399 e. The van der Waals surface area contributed by atoms with Gasteiger partial charge in [0, 0.05) is 25.0 Å². The molecule has 0 aliphatic carbocycles. The number of nitrogens with zero attached hydrogens (tertiary/aromatic N) is 2. The summed E-state index contributed by atoms with van der Waals surface area (Å²) in [4.78, 5) is 6.42. The first kappa shape index (κ1) is 8.87.